The van der Waals surface area contributed by atoms with E-state index < -0.39 is 0 Å². The predicted octanol–water partition coefficient (Wildman–Crippen LogP) is 3.45. The molecule has 0 aromatic heterocycles. The van der Waals surface area contributed by atoms with Crippen LogP contribution in [0.4, 0.5) is 0 Å². The molecule has 1 atom stereocenters. The van der Waals surface area contributed by atoms with Crippen LogP contribution in [0, 0.1) is 5.92 Å². The summed E-state index contributed by atoms with van der Waals surface area (Å²) in [4.78, 5) is 13.5. The monoisotopic (exact) mass is 362 g/mol. The van der Waals surface area contributed by atoms with E-state index in [-0.39, 0.29) is 30.8 Å². The van der Waals surface area contributed by atoms with Crippen LogP contribution in [0.15, 0.2) is 24.3 Å². The molecule has 23 heavy (non-hydrogen) atoms. The maximum Gasteiger partial charge on any atom is 0.308 e. The topological polar surface area (TPSA) is 41.6 Å². The first-order valence-corrected chi connectivity index (χ1v) is 7.79. The van der Waals surface area contributed by atoms with Gasteiger partial charge in [0, 0.05) is 39.1 Å². The number of nitrogens with one attached hydrogen (secondary N) is 1. The minimum absolute atomic E-state index is 0. The molecule has 1 aromatic carbocycles. The minimum Gasteiger partial charge on any atom is -0.427 e. The fourth-order valence-corrected chi connectivity index (χ4v) is 2.86. The second-order valence-corrected chi connectivity index (χ2v) is 6.09. The number of piperazine rings is 1. The first-order chi connectivity index (χ1) is 10.1. The van der Waals surface area contributed by atoms with Gasteiger partial charge in [-0.2, -0.15) is 0 Å². The fraction of sp³-hybridized carbons (Fsp3) is 0.588. The van der Waals surface area contributed by atoms with Gasteiger partial charge in [0.25, 0.3) is 0 Å². The SMILES string of the molecule is CC(=O)Oc1ccc([C@@H](CC(C)C)N2CCNCC2)cc1.Cl.Cl. The van der Waals surface area contributed by atoms with Gasteiger partial charge in [-0.15, -0.1) is 24.8 Å². The first kappa shape index (κ1) is 22.2. The molecular formula is C17H28Cl2N2O2. The summed E-state index contributed by atoms with van der Waals surface area (Å²) in [6.07, 6.45) is 1.15. The zero-order valence-corrected chi connectivity index (χ0v) is 15.7. The number of hydrogen-bond donors (Lipinski definition) is 1. The Morgan fingerprint density at radius 1 is 1.17 bits per heavy atom. The van der Waals surface area contributed by atoms with Crippen molar-refractivity contribution in [2.75, 3.05) is 26.2 Å². The largest absolute Gasteiger partial charge is 0.427 e. The Morgan fingerprint density at radius 3 is 2.22 bits per heavy atom. The van der Waals surface area contributed by atoms with Crippen LogP contribution in [0.25, 0.3) is 0 Å². The smallest absolute Gasteiger partial charge is 0.308 e. The molecule has 0 radical (unpaired) electrons. The zero-order valence-electron chi connectivity index (χ0n) is 14.1. The number of benzene rings is 1. The van der Waals surface area contributed by atoms with Gasteiger partial charge in [-0.1, -0.05) is 26.0 Å². The second kappa shape index (κ2) is 10.9. The maximum atomic E-state index is 11.0. The molecule has 1 heterocycles. The number of halogens is 2. The second-order valence-electron chi connectivity index (χ2n) is 6.09. The summed E-state index contributed by atoms with van der Waals surface area (Å²) in [6, 6.07) is 8.41. The number of rotatable bonds is 5. The third-order valence-corrected chi connectivity index (χ3v) is 3.81. The van der Waals surface area contributed by atoms with Gasteiger partial charge in [0.05, 0.1) is 0 Å². The van der Waals surface area contributed by atoms with Crippen molar-refractivity contribution in [3.8, 4) is 5.75 Å². The number of ether oxygens (including phenoxy) is 1. The molecule has 0 unspecified atom stereocenters. The molecule has 4 nitrogen and oxygen atoms in total. The molecule has 1 aliphatic heterocycles. The van der Waals surface area contributed by atoms with E-state index in [4.69, 9.17) is 4.74 Å². The number of carbonyl (C=O) groups is 1. The molecule has 0 amide bonds. The van der Waals surface area contributed by atoms with Crippen molar-refractivity contribution in [2.24, 2.45) is 5.92 Å². The highest BCUT2D eigenvalue weighted by atomic mass is 35.5. The Kier molecular flexibility index (Phi) is 10.5. The summed E-state index contributed by atoms with van der Waals surface area (Å²) < 4.78 is 5.11. The third-order valence-electron chi connectivity index (χ3n) is 3.81. The molecule has 0 aliphatic carbocycles. The van der Waals surface area contributed by atoms with Crippen molar-refractivity contribution >= 4 is 30.8 Å². The molecule has 1 N–H and O–H groups in total. The van der Waals surface area contributed by atoms with Gasteiger partial charge in [0.15, 0.2) is 0 Å². The van der Waals surface area contributed by atoms with Gasteiger partial charge in [-0.25, -0.2) is 0 Å². The van der Waals surface area contributed by atoms with Crippen LogP contribution < -0.4 is 10.1 Å². The molecule has 0 bridgehead atoms. The van der Waals surface area contributed by atoms with Crippen molar-refractivity contribution in [1.82, 2.24) is 10.2 Å². The highest BCUT2D eigenvalue weighted by Gasteiger charge is 2.23. The lowest BCUT2D eigenvalue weighted by Gasteiger charge is -2.36. The molecule has 1 saturated heterocycles. The van der Waals surface area contributed by atoms with E-state index in [0.717, 1.165) is 32.6 Å². The summed E-state index contributed by atoms with van der Waals surface area (Å²) in [7, 11) is 0. The number of carbonyl (C=O) groups excluding carboxylic acids is 1. The van der Waals surface area contributed by atoms with E-state index in [2.05, 4.69) is 36.2 Å². The molecule has 0 spiro atoms. The van der Waals surface area contributed by atoms with Gasteiger partial charge < -0.3 is 10.1 Å². The number of hydrogen-bond acceptors (Lipinski definition) is 4. The lowest BCUT2D eigenvalue weighted by atomic mass is 9.95. The zero-order chi connectivity index (χ0) is 15.2. The molecule has 0 saturated carbocycles. The van der Waals surface area contributed by atoms with E-state index in [1.807, 2.05) is 12.1 Å². The summed E-state index contributed by atoms with van der Waals surface area (Å²) >= 11 is 0. The van der Waals surface area contributed by atoms with Crippen LogP contribution in [0.3, 0.4) is 0 Å². The van der Waals surface area contributed by atoms with Crippen molar-refractivity contribution in [3.05, 3.63) is 29.8 Å². The van der Waals surface area contributed by atoms with E-state index in [0.29, 0.717) is 17.7 Å². The van der Waals surface area contributed by atoms with Crippen LogP contribution in [-0.4, -0.2) is 37.0 Å². The summed E-state index contributed by atoms with van der Waals surface area (Å²) in [5.41, 5.74) is 1.31. The van der Waals surface area contributed by atoms with Gasteiger partial charge >= 0.3 is 5.97 Å². The van der Waals surface area contributed by atoms with Gasteiger partial charge in [0.1, 0.15) is 5.75 Å². The molecule has 1 aliphatic rings. The van der Waals surface area contributed by atoms with E-state index in [9.17, 15) is 4.79 Å². The number of esters is 1. The molecular weight excluding hydrogens is 335 g/mol. The van der Waals surface area contributed by atoms with Crippen LogP contribution in [0.2, 0.25) is 0 Å². The van der Waals surface area contributed by atoms with Crippen LogP contribution in [0.1, 0.15) is 38.8 Å². The Hall–Kier alpha value is -0.810. The van der Waals surface area contributed by atoms with Crippen molar-refractivity contribution in [3.63, 3.8) is 0 Å². The fourth-order valence-electron chi connectivity index (χ4n) is 2.86. The predicted molar refractivity (Wildman–Crippen MR) is 98.9 cm³/mol. The molecule has 1 aromatic rings. The van der Waals surface area contributed by atoms with E-state index in [1.165, 1.54) is 12.5 Å². The normalized spacial score (nSPS) is 16.2. The van der Waals surface area contributed by atoms with Gasteiger partial charge in [-0.05, 0) is 30.0 Å². The Bertz CT molecular complexity index is 460. The molecule has 132 valence electrons. The van der Waals surface area contributed by atoms with Crippen molar-refractivity contribution < 1.29 is 9.53 Å². The lowest BCUT2D eigenvalue weighted by Crippen LogP contribution is -2.45. The molecule has 1 fully saturated rings. The van der Waals surface area contributed by atoms with Crippen molar-refractivity contribution in [2.45, 2.75) is 33.2 Å². The highest BCUT2D eigenvalue weighted by Crippen LogP contribution is 2.29. The average Bonchev–Trinajstić information content (AvgIpc) is 2.46. The van der Waals surface area contributed by atoms with Crippen LogP contribution in [-0.2, 0) is 4.79 Å². The van der Waals surface area contributed by atoms with E-state index in [1.54, 1.807) is 0 Å². The molecule has 6 heteroatoms. The first-order valence-electron chi connectivity index (χ1n) is 7.79. The quantitative estimate of drug-likeness (QED) is 0.643. The lowest BCUT2D eigenvalue weighted by molar-refractivity contribution is -0.131. The standard InChI is InChI=1S/C17H26N2O2.2ClH/c1-13(2)12-17(19-10-8-18-9-11-19)15-4-6-16(7-5-15)21-14(3)20;;/h4-7,13,17-18H,8-12H2,1-3H3;2*1H/t17-;;/m1../s1. The third kappa shape index (κ3) is 7.08. The number of nitrogens with zero attached hydrogens (tertiary/aromatic N) is 1. The highest BCUT2D eigenvalue weighted by molar-refractivity contribution is 5.85. The Balaban J connectivity index is 0.00000242. The molecule has 2 rings (SSSR count). The van der Waals surface area contributed by atoms with Crippen LogP contribution in [0.5, 0.6) is 5.75 Å². The minimum atomic E-state index is -0.274. The summed E-state index contributed by atoms with van der Waals surface area (Å²) in [5, 5.41) is 3.41. The summed E-state index contributed by atoms with van der Waals surface area (Å²) in [6.45, 7) is 10.2. The summed E-state index contributed by atoms with van der Waals surface area (Å²) in [5.74, 6) is 0.997. The van der Waals surface area contributed by atoms with Gasteiger partial charge in [0.2, 0.25) is 0 Å². The average molecular weight is 363 g/mol. The van der Waals surface area contributed by atoms with Gasteiger partial charge in [-0.3, -0.25) is 9.69 Å². The van der Waals surface area contributed by atoms with Crippen molar-refractivity contribution in [1.29, 1.82) is 0 Å². The van der Waals surface area contributed by atoms with Crippen LogP contribution >= 0.6 is 24.8 Å². The van der Waals surface area contributed by atoms with E-state index >= 15 is 0 Å². The maximum absolute atomic E-state index is 11.0. The Morgan fingerprint density at radius 2 is 1.74 bits per heavy atom. The Labute approximate surface area is 151 Å².